The molecule has 1 aliphatic rings. The summed E-state index contributed by atoms with van der Waals surface area (Å²) in [5, 5.41) is 24.9. The Morgan fingerprint density at radius 2 is 1.62 bits per heavy atom. The van der Waals surface area contributed by atoms with Crippen molar-refractivity contribution in [3.63, 3.8) is 0 Å². The molecule has 1 N–H and O–H groups in total. The molecule has 1 aliphatic heterocycles. The number of carbonyl (C=O) groups is 1. The summed E-state index contributed by atoms with van der Waals surface area (Å²) in [7, 11) is 0. The van der Waals surface area contributed by atoms with Crippen molar-refractivity contribution in [1.29, 1.82) is 0 Å². The molecule has 0 aliphatic carbocycles. The Labute approximate surface area is 219 Å². The average molecular weight is 581 g/mol. The molecule has 2 heterocycles. The number of carboxylic acid groups (broad SMARTS) is 1. The molecule has 1 atom stereocenters. The van der Waals surface area contributed by atoms with Crippen LogP contribution in [0, 0.1) is 6.92 Å². The monoisotopic (exact) mass is 581 g/mol. The predicted molar refractivity (Wildman–Crippen MR) is 118 cm³/mol. The molecule has 216 valence electrons. The number of aromatic nitrogens is 4. The maximum absolute atomic E-state index is 13.7. The first-order chi connectivity index (χ1) is 18.5. The number of rotatable bonds is 4. The molecule has 0 saturated carbocycles. The lowest BCUT2D eigenvalue weighted by molar-refractivity contribution is -0.246. The quantitative estimate of drug-likeness (QED) is 0.423. The highest BCUT2D eigenvalue weighted by Gasteiger charge is 2.39. The van der Waals surface area contributed by atoms with Crippen molar-refractivity contribution < 1.29 is 49.4 Å². The predicted octanol–water partition coefficient (Wildman–Crippen LogP) is 5.26. The number of halogens is 9. The first kappa shape index (κ1) is 28.9. The van der Waals surface area contributed by atoms with Crippen LogP contribution < -0.4 is 14.9 Å². The number of benzene rings is 2. The molecule has 40 heavy (non-hydrogen) atoms. The van der Waals surface area contributed by atoms with Crippen LogP contribution in [-0.2, 0) is 25.1 Å². The number of hydrogen-bond acceptors (Lipinski definition) is 6. The molecule has 0 fully saturated rings. The Kier molecular flexibility index (Phi) is 7.36. The molecular formula is C23H18F9N6O2-. The lowest BCUT2D eigenvalue weighted by Gasteiger charge is -2.33. The minimum atomic E-state index is -5.12. The van der Waals surface area contributed by atoms with Crippen LogP contribution in [0.25, 0.3) is 0 Å². The molecule has 0 spiro atoms. The zero-order chi connectivity index (χ0) is 29.6. The topological polar surface area (TPSA) is 101 Å². The number of carbonyl (C=O) groups excluding carboxylic acids is 1. The van der Waals surface area contributed by atoms with Gasteiger partial charge in [-0.3, -0.25) is 0 Å². The fourth-order valence-corrected chi connectivity index (χ4v) is 4.66. The summed E-state index contributed by atoms with van der Waals surface area (Å²) in [4.78, 5) is 13.6. The average Bonchev–Trinajstić information content (AvgIpc) is 3.29. The molecule has 8 nitrogen and oxygen atoms in total. The van der Waals surface area contributed by atoms with Gasteiger partial charge in [-0.2, -0.15) is 44.7 Å². The minimum absolute atomic E-state index is 0.0000193. The first-order valence-corrected chi connectivity index (χ1v) is 11.5. The van der Waals surface area contributed by atoms with E-state index in [4.69, 9.17) is 0 Å². The zero-order valence-corrected chi connectivity index (χ0v) is 20.2. The third kappa shape index (κ3) is 5.91. The van der Waals surface area contributed by atoms with Gasteiger partial charge >= 0.3 is 18.5 Å². The van der Waals surface area contributed by atoms with Crippen molar-refractivity contribution in [2.45, 2.75) is 50.9 Å². The summed E-state index contributed by atoms with van der Waals surface area (Å²) in [5.41, 5.74) is -5.41. The van der Waals surface area contributed by atoms with Crippen LogP contribution in [0.1, 0.15) is 52.3 Å². The minimum Gasteiger partial charge on any atom is -0.530 e. The number of tetrazole rings is 1. The fraction of sp³-hybridized carbons (Fsp3) is 0.391. The third-order valence-corrected chi connectivity index (χ3v) is 6.38. The van der Waals surface area contributed by atoms with Gasteiger partial charge in [0.05, 0.1) is 22.7 Å². The number of hydrogen-bond donors (Lipinski definition) is 1. The second-order valence-corrected chi connectivity index (χ2v) is 9.05. The van der Waals surface area contributed by atoms with Gasteiger partial charge in [0.1, 0.15) is 6.09 Å². The molecular weight excluding hydrogens is 563 g/mol. The summed E-state index contributed by atoms with van der Waals surface area (Å²) in [6.07, 6.45) is -16.8. The van der Waals surface area contributed by atoms with Gasteiger partial charge in [0, 0.05) is 18.8 Å². The molecule has 0 saturated heterocycles. The van der Waals surface area contributed by atoms with Crippen molar-refractivity contribution in [2.75, 3.05) is 16.3 Å². The van der Waals surface area contributed by atoms with Crippen molar-refractivity contribution in [3.05, 3.63) is 63.7 Å². The largest absolute Gasteiger partial charge is 0.530 e. The lowest BCUT2D eigenvalue weighted by atomic mass is 9.94. The maximum atomic E-state index is 13.7. The Morgan fingerprint density at radius 3 is 2.12 bits per heavy atom. The van der Waals surface area contributed by atoms with Crippen LogP contribution in [0.4, 0.5) is 55.9 Å². The molecule has 2 aromatic carbocycles. The number of alkyl halides is 9. The van der Waals surface area contributed by atoms with Crippen molar-refractivity contribution in [3.8, 4) is 0 Å². The number of fused-ring (bicyclic) bond motifs is 1. The lowest BCUT2D eigenvalue weighted by Crippen LogP contribution is -2.42. The van der Waals surface area contributed by atoms with Crippen molar-refractivity contribution >= 4 is 17.7 Å². The molecule has 1 unspecified atom stereocenters. The van der Waals surface area contributed by atoms with Crippen LogP contribution in [0.5, 0.6) is 0 Å². The standard InChI is InChI=1S/C23H19F9N6O2/c1-11-5-15-17(3-2-4-37(20(39)40)18(15)9-16(11)23(30,31)32)38(19-33-35-36-34-19)10-12-6-13(21(24,25)26)8-14(7-12)22(27,28)29/h5-9,17H,2-4,10H2,1H3,(H,39,40)(H,33,34,35,36)/p-1. The Hall–Kier alpha value is -4.05. The molecule has 17 heteroatoms. The van der Waals surface area contributed by atoms with E-state index in [1.54, 1.807) is 0 Å². The van der Waals surface area contributed by atoms with E-state index in [-0.39, 0.29) is 42.5 Å². The molecule has 4 rings (SSSR count). The first-order valence-electron chi connectivity index (χ1n) is 11.5. The third-order valence-electron chi connectivity index (χ3n) is 6.38. The van der Waals surface area contributed by atoms with Crippen LogP contribution in [0.15, 0.2) is 30.3 Å². The number of H-pyrrole nitrogens is 1. The van der Waals surface area contributed by atoms with Gasteiger partial charge in [0.25, 0.3) is 5.95 Å². The van der Waals surface area contributed by atoms with Crippen LogP contribution >= 0.6 is 0 Å². The highest BCUT2D eigenvalue weighted by Crippen LogP contribution is 2.44. The van der Waals surface area contributed by atoms with Crippen LogP contribution in [0.2, 0.25) is 0 Å². The number of amides is 1. The smallest absolute Gasteiger partial charge is 0.416 e. The maximum Gasteiger partial charge on any atom is 0.416 e. The summed E-state index contributed by atoms with van der Waals surface area (Å²) in [5.74, 6) is -0.290. The second kappa shape index (κ2) is 10.2. The van der Waals surface area contributed by atoms with E-state index in [1.165, 1.54) is 0 Å². The molecule has 3 aromatic rings. The van der Waals surface area contributed by atoms with Gasteiger partial charge in [0.15, 0.2) is 0 Å². The summed E-state index contributed by atoms with van der Waals surface area (Å²) < 4.78 is 122. The number of aromatic amines is 1. The SMILES string of the molecule is Cc1cc2c(cc1C(F)(F)F)N(C(=O)[O-])CCCC2N(Cc1cc(C(F)(F)F)cc(C(F)(F)F)c1)c1nn[nH]n1. The van der Waals surface area contributed by atoms with Crippen molar-refractivity contribution in [1.82, 2.24) is 20.6 Å². The number of anilines is 2. The Bertz CT molecular complexity index is 1350. The highest BCUT2D eigenvalue weighted by atomic mass is 19.4. The number of nitrogens with zero attached hydrogens (tertiary/aromatic N) is 5. The van der Waals surface area contributed by atoms with Gasteiger partial charge < -0.3 is 19.7 Å². The fourth-order valence-electron chi connectivity index (χ4n) is 4.66. The van der Waals surface area contributed by atoms with E-state index in [1.807, 2.05) is 0 Å². The summed E-state index contributed by atoms with van der Waals surface area (Å²) in [6.45, 7) is 0.186. The molecule has 0 bridgehead atoms. The normalized spacial score (nSPS) is 16.4. The van der Waals surface area contributed by atoms with E-state index >= 15 is 0 Å². The van der Waals surface area contributed by atoms with Gasteiger partial charge in [0.2, 0.25) is 0 Å². The van der Waals surface area contributed by atoms with E-state index in [2.05, 4.69) is 20.6 Å². The highest BCUT2D eigenvalue weighted by molar-refractivity contribution is 5.86. The van der Waals surface area contributed by atoms with Gasteiger partial charge in [-0.15, -0.1) is 5.10 Å². The van der Waals surface area contributed by atoms with Crippen LogP contribution in [-0.4, -0.2) is 33.3 Å². The van der Waals surface area contributed by atoms with Gasteiger partial charge in [-0.1, -0.05) is 11.2 Å². The summed E-state index contributed by atoms with van der Waals surface area (Å²) >= 11 is 0. The Balaban J connectivity index is 1.90. The summed E-state index contributed by atoms with van der Waals surface area (Å²) in [6, 6.07) is 1.59. The number of nitrogens with one attached hydrogen (secondary N) is 1. The van der Waals surface area contributed by atoms with E-state index in [0.29, 0.717) is 23.1 Å². The van der Waals surface area contributed by atoms with Crippen LogP contribution in [0.3, 0.4) is 0 Å². The van der Waals surface area contributed by atoms with Gasteiger partial charge in [-0.05, 0) is 65.9 Å². The van der Waals surface area contributed by atoms with Crippen molar-refractivity contribution in [2.24, 2.45) is 0 Å². The molecule has 0 radical (unpaired) electrons. The Morgan fingerprint density at radius 1 is 1.00 bits per heavy atom. The van der Waals surface area contributed by atoms with Gasteiger partial charge in [-0.25, -0.2) is 0 Å². The van der Waals surface area contributed by atoms with E-state index in [0.717, 1.165) is 17.9 Å². The van der Waals surface area contributed by atoms with E-state index in [9.17, 15) is 49.4 Å². The number of aryl methyl sites for hydroxylation is 1. The molecule has 1 amide bonds. The second-order valence-electron chi connectivity index (χ2n) is 9.05. The van der Waals surface area contributed by atoms with E-state index < -0.39 is 65.1 Å². The molecule has 1 aromatic heterocycles. The zero-order valence-electron chi connectivity index (χ0n) is 20.2.